The Morgan fingerprint density at radius 3 is 2.37 bits per heavy atom. The first-order chi connectivity index (χ1) is 20.0. The van der Waals surface area contributed by atoms with Gasteiger partial charge in [0.1, 0.15) is 6.10 Å². The summed E-state index contributed by atoms with van der Waals surface area (Å²) in [5.41, 5.74) is 1.31. The number of ether oxygens (including phenoxy) is 2. The summed E-state index contributed by atoms with van der Waals surface area (Å²) in [4.78, 5) is 39.3. The molecular formula is C37H57NO5. The molecule has 43 heavy (non-hydrogen) atoms. The van der Waals surface area contributed by atoms with Crippen LogP contribution in [-0.4, -0.2) is 43.0 Å². The van der Waals surface area contributed by atoms with Gasteiger partial charge in [-0.2, -0.15) is 0 Å². The lowest BCUT2D eigenvalue weighted by Gasteiger charge is -2.70. The first kappa shape index (κ1) is 31.3. The Labute approximate surface area is 259 Å². The van der Waals surface area contributed by atoms with Gasteiger partial charge in [0.15, 0.2) is 5.78 Å². The van der Waals surface area contributed by atoms with E-state index in [9.17, 15) is 14.4 Å². The number of allylic oxidation sites excluding steroid dienone is 2. The topological polar surface area (TPSA) is 81.7 Å². The van der Waals surface area contributed by atoms with E-state index < -0.39 is 5.41 Å². The summed E-state index contributed by atoms with van der Waals surface area (Å²) in [6.07, 6.45) is 13.7. The van der Waals surface area contributed by atoms with Crippen molar-refractivity contribution >= 4 is 17.7 Å². The summed E-state index contributed by atoms with van der Waals surface area (Å²) in [5, 5.41) is 3.17. The summed E-state index contributed by atoms with van der Waals surface area (Å²) >= 11 is 0. The maximum Gasteiger partial charge on any atom is 0.302 e. The van der Waals surface area contributed by atoms with Crippen molar-refractivity contribution in [3.8, 4) is 0 Å². The van der Waals surface area contributed by atoms with Gasteiger partial charge in [-0.3, -0.25) is 14.4 Å². The molecule has 240 valence electrons. The lowest BCUT2D eigenvalue weighted by Crippen LogP contribution is -2.65. The third-order valence-electron chi connectivity index (χ3n) is 14.6. The van der Waals surface area contributed by atoms with Gasteiger partial charge in [-0.15, -0.1) is 0 Å². The van der Waals surface area contributed by atoms with Crippen molar-refractivity contribution in [1.82, 2.24) is 5.32 Å². The van der Waals surface area contributed by atoms with Crippen LogP contribution in [0.15, 0.2) is 11.6 Å². The van der Waals surface area contributed by atoms with E-state index in [-0.39, 0.29) is 63.0 Å². The van der Waals surface area contributed by atoms with Gasteiger partial charge in [0.05, 0.1) is 12.7 Å². The lowest BCUT2D eigenvalue weighted by molar-refractivity contribution is -0.185. The third-order valence-corrected chi connectivity index (χ3v) is 14.6. The highest BCUT2D eigenvalue weighted by atomic mass is 16.6. The molecule has 1 N–H and O–H groups in total. The molecule has 0 heterocycles. The summed E-state index contributed by atoms with van der Waals surface area (Å²) < 4.78 is 11.0. The Morgan fingerprint density at radius 1 is 0.930 bits per heavy atom. The molecule has 6 nitrogen and oxygen atoms in total. The normalized spacial score (nSPS) is 48.0. The van der Waals surface area contributed by atoms with Gasteiger partial charge in [0.2, 0.25) is 5.91 Å². The molecule has 6 aliphatic carbocycles. The molecule has 6 rings (SSSR count). The molecule has 6 heteroatoms. The molecule has 5 fully saturated rings. The monoisotopic (exact) mass is 595 g/mol. The van der Waals surface area contributed by atoms with E-state index in [0.29, 0.717) is 24.9 Å². The Hall–Kier alpha value is -1.69. The highest BCUT2D eigenvalue weighted by Crippen LogP contribution is 2.75. The van der Waals surface area contributed by atoms with Crippen molar-refractivity contribution in [2.45, 2.75) is 138 Å². The first-order valence-electron chi connectivity index (χ1n) is 17.3. The summed E-state index contributed by atoms with van der Waals surface area (Å²) in [7, 11) is 0. The van der Waals surface area contributed by atoms with Crippen LogP contribution in [0.25, 0.3) is 0 Å². The van der Waals surface area contributed by atoms with E-state index in [2.05, 4.69) is 59.9 Å². The second-order valence-electron chi connectivity index (χ2n) is 17.6. The number of fused-ring (bicyclic) bond motifs is 7. The van der Waals surface area contributed by atoms with Crippen molar-refractivity contribution < 1.29 is 23.9 Å². The number of rotatable bonds is 6. The highest BCUT2D eigenvalue weighted by molar-refractivity contribution is 5.95. The van der Waals surface area contributed by atoms with Gasteiger partial charge in [0, 0.05) is 31.2 Å². The fraction of sp³-hybridized carbons (Fsp3) is 0.865. The number of hydrogen-bond acceptors (Lipinski definition) is 5. The Morgan fingerprint density at radius 2 is 1.65 bits per heavy atom. The van der Waals surface area contributed by atoms with E-state index in [1.54, 1.807) is 0 Å². The largest absolute Gasteiger partial charge is 0.460 e. The fourth-order valence-electron chi connectivity index (χ4n) is 11.7. The van der Waals surface area contributed by atoms with E-state index in [1.807, 2.05) is 0 Å². The molecule has 0 aliphatic heterocycles. The van der Waals surface area contributed by atoms with Gasteiger partial charge < -0.3 is 14.8 Å². The van der Waals surface area contributed by atoms with Crippen molar-refractivity contribution in [1.29, 1.82) is 0 Å². The van der Waals surface area contributed by atoms with E-state index in [0.717, 1.165) is 38.5 Å². The zero-order valence-electron chi connectivity index (χ0n) is 28.2. The van der Waals surface area contributed by atoms with Crippen molar-refractivity contribution in [3.63, 3.8) is 0 Å². The Kier molecular flexibility index (Phi) is 7.39. The van der Waals surface area contributed by atoms with Crippen LogP contribution in [0.4, 0.5) is 0 Å². The standard InChI is InChI=1S/C37H57NO5/c1-23(39)43-28-21-27(28)42-19-18-38-31(41)34(5)15-14-33(4)16-17-36(7)24(25(33)22-34)20-26(40)30-35(6)12-9-11-32(2,3)29(35)10-13-37(30,36)8/h20,25,27-30H,9-19,21-22H2,1-8H3,(H,38,41)/t25-,27?,28-,29?,30+,33+,34-,35-,36+,37+/m0/s1. The molecule has 2 unspecified atom stereocenters. The number of amides is 1. The fourth-order valence-corrected chi connectivity index (χ4v) is 11.7. The van der Waals surface area contributed by atoms with Crippen LogP contribution in [0.1, 0.15) is 126 Å². The number of carbonyl (C=O) groups is 3. The zero-order valence-corrected chi connectivity index (χ0v) is 28.2. The Bertz CT molecular complexity index is 1220. The molecule has 0 radical (unpaired) electrons. The smallest absolute Gasteiger partial charge is 0.302 e. The molecule has 1 amide bonds. The molecule has 0 spiro atoms. The van der Waals surface area contributed by atoms with Crippen LogP contribution in [0, 0.1) is 50.2 Å². The van der Waals surface area contributed by atoms with Gasteiger partial charge in [-0.05, 0) is 103 Å². The number of ketones is 1. The average Bonchev–Trinajstić information content (AvgIpc) is 3.64. The minimum Gasteiger partial charge on any atom is -0.460 e. The van der Waals surface area contributed by atoms with Gasteiger partial charge in [-0.25, -0.2) is 0 Å². The molecule has 10 atom stereocenters. The maximum absolute atomic E-state index is 14.5. The van der Waals surface area contributed by atoms with Crippen molar-refractivity contribution in [2.75, 3.05) is 13.2 Å². The zero-order chi connectivity index (χ0) is 31.2. The number of esters is 1. The average molecular weight is 596 g/mol. The number of hydrogen-bond donors (Lipinski definition) is 1. The molecule has 0 aromatic carbocycles. The van der Waals surface area contributed by atoms with Crippen LogP contribution in [0.2, 0.25) is 0 Å². The van der Waals surface area contributed by atoms with E-state index in [4.69, 9.17) is 9.47 Å². The third kappa shape index (κ3) is 4.77. The number of nitrogens with one attached hydrogen (secondary N) is 1. The Balaban J connectivity index is 1.21. The predicted molar refractivity (Wildman–Crippen MR) is 167 cm³/mol. The second kappa shape index (κ2) is 10.2. The van der Waals surface area contributed by atoms with Gasteiger partial charge >= 0.3 is 5.97 Å². The summed E-state index contributed by atoms with van der Waals surface area (Å²) in [5.74, 6) is 1.13. The van der Waals surface area contributed by atoms with Gasteiger partial charge in [-0.1, -0.05) is 60.5 Å². The van der Waals surface area contributed by atoms with Crippen LogP contribution in [-0.2, 0) is 23.9 Å². The van der Waals surface area contributed by atoms with Crippen molar-refractivity contribution in [3.05, 3.63) is 11.6 Å². The minimum absolute atomic E-state index is 0.0172. The maximum atomic E-state index is 14.5. The number of carbonyl (C=O) groups excluding carboxylic acids is 3. The van der Waals surface area contributed by atoms with Crippen LogP contribution >= 0.6 is 0 Å². The van der Waals surface area contributed by atoms with E-state index in [1.165, 1.54) is 44.6 Å². The van der Waals surface area contributed by atoms with Crippen LogP contribution in [0.3, 0.4) is 0 Å². The molecule has 0 bridgehead atoms. The molecule has 6 aliphatic rings. The highest BCUT2D eigenvalue weighted by Gasteiger charge is 2.69. The van der Waals surface area contributed by atoms with E-state index >= 15 is 0 Å². The predicted octanol–water partition coefficient (Wildman–Crippen LogP) is 7.19. The van der Waals surface area contributed by atoms with Crippen molar-refractivity contribution in [2.24, 2.45) is 50.2 Å². The lowest BCUT2D eigenvalue weighted by atomic mass is 9.33. The van der Waals surface area contributed by atoms with Gasteiger partial charge in [0.25, 0.3) is 0 Å². The molecular weight excluding hydrogens is 538 g/mol. The van der Waals surface area contributed by atoms with Crippen LogP contribution < -0.4 is 5.32 Å². The molecule has 0 aromatic heterocycles. The second-order valence-corrected chi connectivity index (χ2v) is 17.6. The minimum atomic E-state index is -0.471. The first-order valence-corrected chi connectivity index (χ1v) is 17.3. The summed E-state index contributed by atoms with van der Waals surface area (Å²) in [6.45, 7) is 19.2. The summed E-state index contributed by atoms with van der Waals surface area (Å²) in [6, 6.07) is 0. The molecule has 0 aromatic rings. The molecule has 0 saturated heterocycles. The quantitative estimate of drug-likeness (QED) is 0.260. The molecule has 5 saturated carbocycles. The van der Waals surface area contributed by atoms with Crippen LogP contribution in [0.5, 0.6) is 0 Å². The SMILES string of the molecule is CC(=O)O[C@H]1CC1OCCNC(=O)[C@@]1(C)CC[C@]2(C)CC[C@]3(C)C(=CC(=O)[C@@H]4[C@@]5(C)CCCC(C)(C)C5CC[C@]43C)[C@@H]2C1.